The molecule has 0 aliphatic rings. The van der Waals surface area contributed by atoms with Crippen molar-refractivity contribution >= 4 is 70.2 Å². The molecule has 0 unspecified atom stereocenters. The second kappa shape index (κ2) is 5.84. The minimum Gasteiger partial charge on any atom is -0.456 e. The molecule has 30 heavy (non-hydrogen) atoms. The van der Waals surface area contributed by atoms with Gasteiger partial charge < -0.3 is 4.42 Å². The van der Waals surface area contributed by atoms with E-state index in [1.54, 1.807) is 0 Å². The Kier molecular flexibility index (Phi) is 3.20. The van der Waals surface area contributed by atoms with Crippen LogP contribution in [-0.4, -0.2) is 0 Å². The Hall–Kier alpha value is -3.36. The molecule has 0 amide bonds. The minimum absolute atomic E-state index is 0.931. The largest absolute Gasteiger partial charge is 0.456 e. The topological polar surface area (TPSA) is 13.1 Å². The zero-order valence-electron chi connectivity index (χ0n) is 15.9. The van der Waals surface area contributed by atoms with E-state index in [1.807, 2.05) is 12.1 Å². The molecule has 1 heterocycles. The number of halogens is 1. The van der Waals surface area contributed by atoms with E-state index in [0.29, 0.717) is 0 Å². The second-order valence-electron chi connectivity index (χ2n) is 7.87. The number of hydrogen-bond acceptors (Lipinski definition) is 1. The van der Waals surface area contributed by atoms with Gasteiger partial charge >= 0.3 is 0 Å². The van der Waals surface area contributed by atoms with Gasteiger partial charge in [0.2, 0.25) is 0 Å². The maximum Gasteiger partial charge on any atom is 0.136 e. The van der Waals surface area contributed by atoms with Crippen molar-refractivity contribution in [3.63, 3.8) is 0 Å². The molecule has 0 saturated carbocycles. The number of hydrogen-bond donors (Lipinski definition) is 0. The number of fused-ring (bicyclic) bond motifs is 3. The normalized spacial score (nSPS) is 12.2. The van der Waals surface area contributed by atoms with Crippen LogP contribution in [0.2, 0.25) is 0 Å². The predicted octanol–water partition coefficient (Wildman–Crippen LogP) is 8.91. The van der Waals surface area contributed by atoms with Crippen LogP contribution < -0.4 is 0 Å². The summed E-state index contributed by atoms with van der Waals surface area (Å²) >= 11 is 3.78. The van der Waals surface area contributed by atoms with Crippen LogP contribution in [0, 0.1) is 0 Å². The summed E-state index contributed by atoms with van der Waals surface area (Å²) in [7, 11) is 0. The third kappa shape index (κ3) is 2.07. The Morgan fingerprint density at radius 2 is 1.17 bits per heavy atom. The first-order valence-electron chi connectivity index (χ1n) is 10.1. The summed E-state index contributed by atoms with van der Waals surface area (Å²) in [6.45, 7) is 0. The Morgan fingerprint density at radius 3 is 2.07 bits per heavy atom. The molecule has 140 valence electrons. The fraction of sp³-hybridized carbons (Fsp3) is 0. The number of rotatable bonds is 1. The molecule has 7 aromatic rings. The van der Waals surface area contributed by atoms with Gasteiger partial charge in [0.25, 0.3) is 0 Å². The molecule has 1 aromatic heterocycles. The first kappa shape index (κ1) is 16.4. The van der Waals surface area contributed by atoms with Gasteiger partial charge in [-0.05, 0) is 67.7 Å². The van der Waals surface area contributed by atoms with Gasteiger partial charge in [0.1, 0.15) is 11.2 Å². The van der Waals surface area contributed by atoms with E-state index in [2.05, 4.69) is 94.8 Å². The fourth-order valence-corrected chi connectivity index (χ4v) is 5.61. The highest BCUT2D eigenvalue weighted by atomic mass is 79.9. The highest BCUT2D eigenvalue weighted by molar-refractivity contribution is 9.10. The molecule has 7 rings (SSSR count). The van der Waals surface area contributed by atoms with E-state index in [1.165, 1.54) is 48.8 Å². The minimum atomic E-state index is 0.931. The molecule has 1 nitrogen and oxygen atoms in total. The lowest BCUT2D eigenvalue weighted by atomic mass is 9.88. The van der Waals surface area contributed by atoms with Crippen molar-refractivity contribution in [2.75, 3.05) is 0 Å². The van der Waals surface area contributed by atoms with Gasteiger partial charge in [0.05, 0.1) is 0 Å². The molecule has 0 spiro atoms. The zero-order chi connectivity index (χ0) is 19.8. The lowest BCUT2D eigenvalue weighted by molar-refractivity contribution is 0.669. The second-order valence-corrected chi connectivity index (χ2v) is 8.72. The van der Waals surface area contributed by atoms with E-state index in [4.69, 9.17) is 4.42 Å². The maximum absolute atomic E-state index is 6.17. The molecule has 6 aromatic carbocycles. The van der Waals surface area contributed by atoms with Crippen molar-refractivity contribution in [3.8, 4) is 11.1 Å². The molecule has 0 atom stereocenters. The van der Waals surface area contributed by atoms with Crippen LogP contribution in [0.4, 0.5) is 0 Å². The van der Waals surface area contributed by atoms with Gasteiger partial charge in [0.15, 0.2) is 0 Å². The average Bonchev–Trinajstić information content (AvgIpc) is 3.17. The summed E-state index contributed by atoms with van der Waals surface area (Å²) in [5.74, 6) is 0. The van der Waals surface area contributed by atoms with Gasteiger partial charge in [0, 0.05) is 15.2 Å². The van der Waals surface area contributed by atoms with Crippen molar-refractivity contribution in [1.82, 2.24) is 0 Å². The molecule has 0 aliphatic heterocycles. The van der Waals surface area contributed by atoms with Gasteiger partial charge in [-0.2, -0.15) is 0 Å². The molecule has 2 heteroatoms. The molecule has 0 aliphatic carbocycles. The van der Waals surface area contributed by atoms with E-state index in [9.17, 15) is 0 Å². The van der Waals surface area contributed by atoms with Crippen LogP contribution in [0.1, 0.15) is 0 Å². The van der Waals surface area contributed by atoms with Crippen LogP contribution in [0.3, 0.4) is 0 Å². The van der Waals surface area contributed by atoms with E-state index in [0.717, 1.165) is 21.0 Å². The van der Waals surface area contributed by atoms with Crippen LogP contribution in [0.15, 0.2) is 99.9 Å². The predicted molar refractivity (Wildman–Crippen MR) is 131 cm³/mol. The lowest BCUT2D eigenvalue weighted by Crippen LogP contribution is -1.89. The van der Waals surface area contributed by atoms with Crippen molar-refractivity contribution < 1.29 is 4.42 Å². The molecular weight excluding hydrogens is 432 g/mol. The summed E-state index contributed by atoms with van der Waals surface area (Å²) in [4.78, 5) is 0. The van der Waals surface area contributed by atoms with Crippen LogP contribution in [0.5, 0.6) is 0 Å². The third-order valence-electron chi connectivity index (χ3n) is 6.27. The summed E-state index contributed by atoms with van der Waals surface area (Å²) in [6, 6.07) is 32.4. The fourth-order valence-electron chi connectivity index (χ4n) is 5.03. The van der Waals surface area contributed by atoms with Crippen molar-refractivity contribution in [2.45, 2.75) is 0 Å². The summed E-state index contributed by atoms with van der Waals surface area (Å²) in [6.07, 6.45) is 0. The monoisotopic (exact) mass is 446 g/mol. The zero-order valence-corrected chi connectivity index (χ0v) is 17.5. The maximum atomic E-state index is 6.17. The lowest BCUT2D eigenvalue weighted by Gasteiger charge is -2.16. The Morgan fingerprint density at radius 1 is 0.500 bits per heavy atom. The average molecular weight is 447 g/mol. The van der Waals surface area contributed by atoms with Gasteiger partial charge in [-0.1, -0.05) is 82.7 Å². The van der Waals surface area contributed by atoms with Crippen LogP contribution in [0.25, 0.3) is 65.4 Å². The van der Waals surface area contributed by atoms with Crippen molar-refractivity contribution in [2.24, 2.45) is 0 Å². The standard InChI is InChI=1S/C28H15BrO/c29-23-15-17-7-3-9-18-22(14-16-6-4-11-20(23)27(16)26(17)18)19-10-5-13-25-28(19)21-8-1-2-12-24(21)30-25/h1-15H. The highest BCUT2D eigenvalue weighted by Gasteiger charge is 2.18. The van der Waals surface area contributed by atoms with Crippen LogP contribution >= 0.6 is 15.9 Å². The molecule has 0 radical (unpaired) electrons. The van der Waals surface area contributed by atoms with Gasteiger partial charge in [-0.25, -0.2) is 0 Å². The number of benzene rings is 6. The number of para-hydroxylation sites is 1. The molecular formula is C28H15BrO. The molecule has 0 saturated heterocycles. The first-order chi connectivity index (χ1) is 14.8. The van der Waals surface area contributed by atoms with E-state index >= 15 is 0 Å². The molecule has 0 fully saturated rings. The SMILES string of the molecule is Brc1cc2cccc3c(-c4cccc5oc6ccccc6c45)cc4cccc1c4c23. The summed E-state index contributed by atoms with van der Waals surface area (Å²) < 4.78 is 7.31. The van der Waals surface area contributed by atoms with Crippen LogP contribution in [-0.2, 0) is 0 Å². The first-order valence-corrected chi connectivity index (χ1v) is 10.9. The summed E-state index contributed by atoms with van der Waals surface area (Å²) in [5, 5.41) is 10.1. The van der Waals surface area contributed by atoms with E-state index in [-0.39, 0.29) is 0 Å². The third-order valence-corrected chi connectivity index (χ3v) is 6.92. The van der Waals surface area contributed by atoms with E-state index < -0.39 is 0 Å². The summed E-state index contributed by atoms with van der Waals surface area (Å²) in [5.41, 5.74) is 4.33. The van der Waals surface area contributed by atoms with Gasteiger partial charge in [-0.3, -0.25) is 0 Å². The molecule has 0 N–H and O–H groups in total. The smallest absolute Gasteiger partial charge is 0.136 e. The van der Waals surface area contributed by atoms with Crippen molar-refractivity contribution in [1.29, 1.82) is 0 Å². The van der Waals surface area contributed by atoms with Gasteiger partial charge in [-0.15, -0.1) is 0 Å². The molecule has 0 bridgehead atoms. The Balaban J connectivity index is 1.73. The highest BCUT2D eigenvalue weighted by Crippen LogP contribution is 2.45. The Labute approximate surface area is 181 Å². The quantitative estimate of drug-likeness (QED) is 0.229. The van der Waals surface area contributed by atoms with Crippen molar-refractivity contribution in [3.05, 3.63) is 95.5 Å². The Bertz CT molecular complexity index is 1760. The number of furan rings is 1.